The van der Waals surface area contributed by atoms with Gasteiger partial charge in [-0.2, -0.15) is 0 Å². The zero-order valence-corrected chi connectivity index (χ0v) is 22.2. The molecule has 1 saturated carbocycles. The van der Waals surface area contributed by atoms with Crippen molar-refractivity contribution in [1.82, 2.24) is 10.6 Å². The topological polar surface area (TPSA) is 133 Å². The van der Waals surface area contributed by atoms with Crippen LogP contribution in [0.3, 0.4) is 0 Å². The number of rotatable bonds is 22. The van der Waals surface area contributed by atoms with Gasteiger partial charge in [0.1, 0.15) is 6.54 Å². The SMILES string of the molecule is O=C(O)CCCCCCCCCCCCCCCCC(=O)NC[C@H]1CC[C@H](C(=O)NCC(=O)O)CC1. The van der Waals surface area contributed by atoms with E-state index >= 15 is 0 Å². The fourth-order valence-corrected chi connectivity index (χ4v) is 4.97. The van der Waals surface area contributed by atoms with Gasteiger partial charge < -0.3 is 20.8 Å². The van der Waals surface area contributed by atoms with Crippen molar-refractivity contribution in [3.8, 4) is 0 Å². The Kier molecular flexibility index (Phi) is 18.6. The van der Waals surface area contributed by atoms with Crippen LogP contribution in [0.15, 0.2) is 0 Å². The summed E-state index contributed by atoms with van der Waals surface area (Å²) in [6.45, 7) is 0.350. The van der Waals surface area contributed by atoms with Crippen molar-refractivity contribution >= 4 is 23.8 Å². The van der Waals surface area contributed by atoms with Gasteiger partial charge in [-0.15, -0.1) is 0 Å². The van der Waals surface area contributed by atoms with Gasteiger partial charge in [0, 0.05) is 25.3 Å². The summed E-state index contributed by atoms with van der Waals surface area (Å²) in [6.07, 6.45) is 20.6. The number of nitrogens with one attached hydrogen (secondary N) is 2. The van der Waals surface area contributed by atoms with Gasteiger partial charge in [0.2, 0.25) is 11.8 Å². The first-order valence-corrected chi connectivity index (χ1v) is 14.4. The lowest BCUT2D eigenvalue weighted by molar-refractivity contribution is -0.139. The Hall–Kier alpha value is -2.12. The van der Waals surface area contributed by atoms with Crippen LogP contribution < -0.4 is 10.6 Å². The van der Waals surface area contributed by atoms with Crippen molar-refractivity contribution in [1.29, 1.82) is 0 Å². The van der Waals surface area contributed by atoms with E-state index in [0.29, 0.717) is 25.3 Å². The summed E-state index contributed by atoms with van der Waals surface area (Å²) in [5.41, 5.74) is 0. The molecule has 2 amide bonds. The third kappa shape index (κ3) is 18.2. The van der Waals surface area contributed by atoms with E-state index in [1.54, 1.807) is 0 Å². The molecule has 1 rings (SSSR count). The van der Waals surface area contributed by atoms with Crippen molar-refractivity contribution < 1.29 is 29.4 Å². The van der Waals surface area contributed by atoms with E-state index in [0.717, 1.165) is 57.8 Å². The first kappa shape index (κ1) is 31.9. The van der Waals surface area contributed by atoms with E-state index in [1.165, 1.54) is 57.8 Å². The summed E-state index contributed by atoms with van der Waals surface area (Å²) in [5.74, 6) is -1.46. The molecule has 0 bridgehead atoms. The molecule has 0 aromatic rings. The van der Waals surface area contributed by atoms with Crippen LogP contribution in [0.4, 0.5) is 0 Å². The predicted molar refractivity (Wildman–Crippen MR) is 141 cm³/mol. The standard InChI is InChI=1S/C28H50N2O6/c31-25(29-21-23-17-19-24(20-18-23)28(36)30-22-27(34)35)15-13-11-9-7-5-3-1-2-4-6-8-10-12-14-16-26(32)33/h23-24H,1-22H2,(H,29,31)(H,30,36)(H,32,33)(H,34,35)/t23-,24-. The molecule has 1 fully saturated rings. The number of hydrogen-bond acceptors (Lipinski definition) is 4. The Balaban J connectivity index is 1.84. The second-order valence-corrected chi connectivity index (χ2v) is 10.5. The maximum Gasteiger partial charge on any atom is 0.322 e. The zero-order chi connectivity index (χ0) is 26.4. The molecule has 0 unspecified atom stereocenters. The van der Waals surface area contributed by atoms with Crippen LogP contribution in [-0.4, -0.2) is 47.1 Å². The Morgan fingerprint density at radius 2 is 1.00 bits per heavy atom. The predicted octanol–water partition coefficient (Wildman–Crippen LogP) is 5.44. The largest absolute Gasteiger partial charge is 0.481 e. The van der Waals surface area contributed by atoms with Crippen LogP contribution in [0.5, 0.6) is 0 Å². The average molecular weight is 511 g/mol. The molecule has 8 heteroatoms. The van der Waals surface area contributed by atoms with Crippen LogP contribution >= 0.6 is 0 Å². The quantitative estimate of drug-likeness (QED) is 0.143. The lowest BCUT2D eigenvalue weighted by Gasteiger charge is -2.27. The first-order valence-electron chi connectivity index (χ1n) is 14.4. The van der Waals surface area contributed by atoms with Crippen LogP contribution in [0.1, 0.15) is 128 Å². The van der Waals surface area contributed by atoms with Gasteiger partial charge in [0.25, 0.3) is 0 Å². The van der Waals surface area contributed by atoms with E-state index in [1.807, 2.05) is 0 Å². The summed E-state index contributed by atoms with van der Waals surface area (Å²) < 4.78 is 0. The molecule has 0 radical (unpaired) electrons. The minimum atomic E-state index is -1.03. The summed E-state index contributed by atoms with van der Waals surface area (Å²) in [5, 5.41) is 22.8. The van der Waals surface area contributed by atoms with Crippen molar-refractivity contribution in [2.75, 3.05) is 13.1 Å². The lowest BCUT2D eigenvalue weighted by Crippen LogP contribution is -2.38. The molecule has 0 heterocycles. The minimum absolute atomic E-state index is 0.107. The fourth-order valence-electron chi connectivity index (χ4n) is 4.97. The maximum atomic E-state index is 12.1. The summed E-state index contributed by atoms with van der Waals surface area (Å²) in [6, 6.07) is 0. The normalized spacial score (nSPS) is 17.4. The van der Waals surface area contributed by atoms with E-state index < -0.39 is 11.9 Å². The van der Waals surface area contributed by atoms with Crippen LogP contribution in [0.25, 0.3) is 0 Å². The van der Waals surface area contributed by atoms with Gasteiger partial charge in [-0.3, -0.25) is 19.2 Å². The number of hydrogen-bond donors (Lipinski definition) is 4. The molecule has 0 saturated heterocycles. The van der Waals surface area contributed by atoms with Crippen molar-refractivity contribution in [2.24, 2.45) is 11.8 Å². The van der Waals surface area contributed by atoms with Gasteiger partial charge in [0.15, 0.2) is 0 Å². The summed E-state index contributed by atoms with van der Waals surface area (Å²) in [4.78, 5) is 45.1. The minimum Gasteiger partial charge on any atom is -0.481 e. The molecule has 0 spiro atoms. The maximum absolute atomic E-state index is 12.1. The highest BCUT2D eigenvalue weighted by molar-refractivity contribution is 5.82. The Bertz CT molecular complexity index is 632. The summed E-state index contributed by atoms with van der Waals surface area (Å²) in [7, 11) is 0. The average Bonchev–Trinajstić information content (AvgIpc) is 2.85. The number of carbonyl (C=O) groups is 4. The number of carboxylic acids is 2. The molecule has 1 aliphatic carbocycles. The Morgan fingerprint density at radius 1 is 0.556 bits per heavy atom. The van der Waals surface area contributed by atoms with E-state index in [-0.39, 0.29) is 24.3 Å². The summed E-state index contributed by atoms with van der Waals surface area (Å²) >= 11 is 0. The second-order valence-electron chi connectivity index (χ2n) is 10.5. The fraction of sp³-hybridized carbons (Fsp3) is 0.857. The molecule has 0 aromatic heterocycles. The van der Waals surface area contributed by atoms with Crippen molar-refractivity contribution in [3.05, 3.63) is 0 Å². The third-order valence-corrected chi connectivity index (χ3v) is 7.26. The van der Waals surface area contributed by atoms with E-state index in [9.17, 15) is 19.2 Å². The number of carboxylic acid groups (broad SMARTS) is 2. The van der Waals surface area contributed by atoms with Gasteiger partial charge in [-0.05, 0) is 44.4 Å². The highest BCUT2D eigenvalue weighted by Crippen LogP contribution is 2.28. The molecule has 1 aliphatic rings. The molecule has 0 atom stereocenters. The van der Waals surface area contributed by atoms with E-state index in [4.69, 9.17) is 10.2 Å². The van der Waals surface area contributed by atoms with Gasteiger partial charge in [0.05, 0.1) is 0 Å². The Morgan fingerprint density at radius 3 is 1.44 bits per heavy atom. The van der Waals surface area contributed by atoms with Crippen molar-refractivity contribution in [2.45, 2.75) is 128 Å². The van der Waals surface area contributed by atoms with Gasteiger partial charge >= 0.3 is 11.9 Å². The first-order chi connectivity index (χ1) is 17.4. The monoisotopic (exact) mass is 510 g/mol. The van der Waals surface area contributed by atoms with E-state index in [2.05, 4.69) is 10.6 Å². The van der Waals surface area contributed by atoms with Crippen LogP contribution in [0.2, 0.25) is 0 Å². The lowest BCUT2D eigenvalue weighted by atomic mass is 9.81. The molecule has 4 N–H and O–H groups in total. The second kappa shape index (κ2) is 21.0. The van der Waals surface area contributed by atoms with Gasteiger partial charge in [-0.1, -0.05) is 77.0 Å². The number of amides is 2. The zero-order valence-electron chi connectivity index (χ0n) is 22.2. The van der Waals surface area contributed by atoms with Crippen LogP contribution in [-0.2, 0) is 19.2 Å². The molecule has 8 nitrogen and oxygen atoms in total. The highest BCUT2D eigenvalue weighted by Gasteiger charge is 2.26. The number of unbranched alkanes of at least 4 members (excludes halogenated alkanes) is 13. The Labute approximate surface area is 217 Å². The highest BCUT2D eigenvalue weighted by atomic mass is 16.4. The molecule has 0 aliphatic heterocycles. The third-order valence-electron chi connectivity index (χ3n) is 7.26. The molecule has 36 heavy (non-hydrogen) atoms. The number of aliphatic carboxylic acids is 2. The molecule has 208 valence electrons. The molecular weight excluding hydrogens is 460 g/mol. The van der Waals surface area contributed by atoms with Crippen LogP contribution in [0, 0.1) is 11.8 Å². The smallest absolute Gasteiger partial charge is 0.322 e. The van der Waals surface area contributed by atoms with Crippen molar-refractivity contribution in [3.63, 3.8) is 0 Å². The molecule has 0 aromatic carbocycles. The number of carbonyl (C=O) groups excluding carboxylic acids is 2. The van der Waals surface area contributed by atoms with Gasteiger partial charge in [-0.25, -0.2) is 0 Å². The molecular formula is C28H50N2O6.